The molecule has 3 heterocycles. The van der Waals surface area contributed by atoms with E-state index in [0.29, 0.717) is 11.5 Å². The number of para-hydroxylation sites is 2. The first kappa shape index (κ1) is 19.8. The summed E-state index contributed by atoms with van der Waals surface area (Å²) in [5, 5.41) is 6.42. The van der Waals surface area contributed by atoms with Gasteiger partial charge in [-0.2, -0.15) is 0 Å². The van der Waals surface area contributed by atoms with Crippen molar-refractivity contribution in [3.63, 3.8) is 0 Å². The molecular weight excluding hydrogens is 394 g/mol. The fraction of sp³-hybridized carbons (Fsp3) is 0.435. The van der Waals surface area contributed by atoms with E-state index in [1.807, 2.05) is 37.3 Å². The molecule has 3 aromatic rings. The van der Waals surface area contributed by atoms with Crippen molar-refractivity contribution in [1.82, 2.24) is 14.5 Å². The number of carbonyl (C=O) groups excluding carboxylic acids is 1. The number of methoxy groups -OCH3 is 1. The number of ether oxygens (including phenoxy) is 2. The Morgan fingerprint density at radius 2 is 2.00 bits per heavy atom. The lowest BCUT2D eigenvalue weighted by molar-refractivity contribution is -0.117. The van der Waals surface area contributed by atoms with Crippen LogP contribution in [0.15, 0.2) is 30.3 Å². The number of anilines is 3. The molecule has 162 valence electrons. The molecule has 1 atom stereocenters. The maximum Gasteiger partial charge on any atom is 0.228 e. The van der Waals surface area contributed by atoms with E-state index in [1.54, 1.807) is 7.11 Å². The zero-order valence-electron chi connectivity index (χ0n) is 17.9. The zero-order valence-corrected chi connectivity index (χ0v) is 17.9. The number of carbonyl (C=O) groups is 1. The Morgan fingerprint density at radius 1 is 1.16 bits per heavy atom. The maximum absolute atomic E-state index is 12.4. The lowest BCUT2D eigenvalue weighted by Gasteiger charge is -2.25. The fourth-order valence-corrected chi connectivity index (χ4v) is 4.07. The van der Waals surface area contributed by atoms with Crippen LogP contribution >= 0.6 is 0 Å². The molecule has 2 N–H and O–H groups in total. The second kappa shape index (κ2) is 8.19. The van der Waals surface area contributed by atoms with Crippen molar-refractivity contribution in [2.24, 2.45) is 5.92 Å². The summed E-state index contributed by atoms with van der Waals surface area (Å²) in [6.45, 7) is 2.70. The third-order valence-electron chi connectivity index (χ3n) is 5.84. The number of nitrogens with one attached hydrogen (secondary N) is 2. The molecule has 2 aromatic heterocycles. The second-order valence-electron chi connectivity index (χ2n) is 8.17. The SMILES string of the molecule is COc1ccccc1Nc1cc(NC(=O)C2CC2)nc2c1nc(C)n2C1CCCCO1. The summed E-state index contributed by atoms with van der Waals surface area (Å²) in [5.41, 5.74) is 3.02. The van der Waals surface area contributed by atoms with Gasteiger partial charge in [-0.1, -0.05) is 12.1 Å². The number of aromatic nitrogens is 3. The number of imidazole rings is 1. The highest BCUT2D eigenvalue weighted by Gasteiger charge is 2.30. The lowest BCUT2D eigenvalue weighted by atomic mass is 10.2. The van der Waals surface area contributed by atoms with Crippen molar-refractivity contribution >= 4 is 34.3 Å². The summed E-state index contributed by atoms with van der Waals surface area (Å²) < 4.78 is 13.6. The zero-order chi connectivity index (χ0) is 21.4. The quantitative estimate of drug-likeness (QED) is 0.607. The average Bonchev–Trinajstić information content (AvgIpc) is 3.58. The van der Waals surface area contributed by atoms with Gasteiger partial charge in [-0.3, -0.25) is 9.36 Å². The summed E-state index contributed by atoms with van der Waals surface area (Å²) in [6, 6.07) is 9.55. The largest absolute Gasteiger partial charge is 0.495 e. The van der Waals surface area contributed by atoms with Crippen LogP contribution in [0.2, 0.25) is 0 Å². The average molecular weight is 422 g/mol. The second-order valence-corrected chi connectivity index (χ2v) is 8.17. The Hall–Kier alpha value is -3.13. The Kier molecular flexibility index (Phi) is 5.23. The minimum atomic E-state index is -0.0975. The molecule has 5 rings (SSSR count). The number of amides is 1. The summed E-state index contributed by atoms with van der Waals surface area (Å²) in [7, 11) is 1.64. The van der Waals surface area contributed by atoms with Crippen LogP contribution in [0.25, 0.3) is 11.2 Å². The van der Waals surface area contributed by atoms with Crippen molar-refractivity contribution in [2.45, 2.75) is 45.3 Å². The van der Waals surface area contributed by atoms with Gasteiger partial charge in [-0.05, 0) is 51.2 Å². The first-order valence-electron chi connectivity index (χ1n) is 10.9. The molecule has 0 radical (unpaired) electrons. The molecule has 8 heteroatoms. The molecule has 31 heavy (non-hydrogen) atoms. The Bertz CT molecular complexity index is 1120. The Morgan fingerprint density at radius 3 is 2.74 bits per heavy atom. The van der Waals surface area contributed by atoms with Gasteiger partial charge in [0.15, 0.2) is 5.65 Å². The van der Waals surface area contributed by atoms with Gasteiger partial charge in [-0.15, -0.1) is 0 Å². The van der Waals surface area contributed by atoms with Crippen LogP contribution in [-0.2, 0) is 9.53 Å². The van der Waals surface area contributed by atoms with Crippen molar-refractivity contribution in [3.8, 4) is 5.75 Å². The maximum atomic E-state index is 12.4. The van der Waals surface area contributed by atoms with Crippen molar-refractivity contribution < 1.29 is 14.3 Å². The van der Waals surface area contributed by atoms with Gasteiger partial charge in [0.05, 0.1) is 18.5 Å². The molecule has 1 aromatic carbocycles. The minimum absolute atomic E-state index is 0.0202. The van der Waals surface area contributed by atoms with E-state index in [0.717, 1.165) is 67.2 Å². The number of rotatable bonds is 6. The van der Waals surface area contributed by atoms with E-state index in [1.165, 1.54) is 0 Å². The van der Waals surface area contributed by atoms with Crippen LogP contribution in [0.5, 0.6) is 5.75 Å². The number of pyridine rings is 1. The van der Waals surface area contributed by atoms with Gasteiger partial charge in [0.2, 0.25) is 5.91 Å². The third-order valence-corrected chi connectivity index (χ3v) is 5.84. The summed E-state index contributed by atoms with van der Waals surface area (Å²) in [6.07, 6.45) is 4.87. The molecule has 8 nitrogen and oxygen atoms in total. The smallest absolute Gasteiger partial charge is 0.228 e. The van der Waals surface area contributed by atoms with Crippen molar-refractivity contribution in [2.75, 3.05) is 24.4 Å². The molecule has 1 saturated carbocycles. The number of benzene rings is 1. The van der Waals surface area contributed by atoms with E-state index < -0.39 is 0 Å². The van der Waals surface area contributed by atoms with Crippen LogP contribution in [0.3, 0.4) is 0 Å². The number of hydrogen-bond acceptors (Lipinski definition) is 6. The van der Waals surface area contributed by atoms with Gasteiger partial charge in [-0.25, -0.2) is 9.97 Å². The molecule has 1 saturated heterocycles. The number of fused-ring (bicyclic) bond motifs is 1. The van der Waals surface area contributed by atoms with Crippen molar-refractivity contribution in [3.05, 3.63) is 36.2 Å². The van der Waals surface area contributed by atoms with Gasteiger partial charge < -0.3 is 20.1 Å². The lowest BCUT2D eigenvalue weighted by Crippen LogP contribution is -2.20. The third kappa shape index (κ3) is 3.95. The van der Waals surface area contributed by atoms with E-state index in [4.69, 9.17) is 19.4 Å². The summed E-state index contributed by atoms with van der Waals surface area (Å²) in [5.74, 6) is 2.19. The predicted octanol–water partition coefficient (Wildman–Crippen LogP) is 4.54. The van der Waals surface area contributed by atoms with Crippen LogP contribution in [-0.4, -0.2) is 34.2 Å². The van der Waals surface area contributed by atoms with Gasteiger partial charge >= 0.3 is 0 Å². The molecular formula is C23H27N5O3. The molecule has 0 bridgehead atoms. The predicted molar refractivity (Wildman–Crippen MR) is 119 cm³/mol. The Labute approximate surface area is 181 Å². The van der Waals surface area contributed by atoms with Crippen LogP contribution in [0.1, 0.15) is 44.2 Å². The highest BCUT2D eigenvalue weighted by atomic mass is 16.5. The van der Waals surface area contributed by atoms with Gasteiger partial charge in [0, 0.05) is 18.6 Å². The molecule has 2 fully saturated rings. The standard InChI is InChI=1S/C23H27N5O3/c1-14-24-21-17(25-16-7-3-4-8-18(16)30-2)13-19(27-23(29)15-10-11-15)26-22(21)28(14)20-9-5-6-12-31-20/h3-4,7-8,13,15,20H,5-6,9-12H2,1-2H3,(H2,25,26,27,29). The summed E-state index contributed by atoms with van der Waals surface area (Å²) in [4.78, 5) is 22.0. The number of hydrogen-bond donors (Lipinski definition) is 2. The molecule has 1 unspecified atom stereocenters. The first-order valence-corrected chi connectivity index (χ1v) is 10.9. The number of nitrogens with zero attached hydrogens (tertiary/aromatic N) is 3. The normalized spacial score (nSPS) is 18.7. The van der Waals surface area contributed by atoms with E-state index in [9.17, 15) is 4.79 Å². The van der Waals surface area contributed by atoms with Crippen LogP contribution < -0.4 is 15.4 Å². The van der Waals surface area contributed by atoms with Crippen LogP contribution in [0, 0.1) is 12.8 Å². The number of aryl methyl sites for hydroxylation is 1. The molecule has 1 amide bonds. The monoisotopic (exact) mass is 421 g/mol. The molecule has 2 aliphatic rings. The highest BCUT2D eigenvalue weighted by molar-refractivity contribution is 5.97. The first-order chi connectivity index (χ1) is 15.1. The molecule has 1 aliphatic heterocycles. The fourth-order valence-electron chi connectivity index (χ4n) is 4.07. The van der Waals surface area contributed by atoms with Crippen molar-refractivity contribution in [1.29, 1.82) is 0 Å². The van der Waals surface area contributed by atoms with E-state index in [2.05, 4.69) is 15.2 Å². The Balaban J connectivity index is 1.60. The van der Waals surface area contributed by atoms with Gasteiger partial charge in [0.25, 0.3) is 0 Å². The highest BCUT2D eigenvalue weighted by Crippen LogP contribution is 2.36. The molecule has 0 spiro atoms. The minimum Gasteiger partial charge on any atom is -0.495 e. The van der Waals surface area contributed by atoms with Crippen LogP contribution in [0.4, 0.5) is 17.2 Å². The van der Waals surface area contributed by atoms with Gasteiger partial charge in [0.1, 0.15) is 29.1 Å². The summed E-state index contributed by atoms with van der Waals surface area (Å²) >= 11 is 0. The topological polar surface area (TPSA) is 90.3 Å². The van der Waals surface area contributed by atoms with E-state index >= 15 is 0 Å². The molecule has 1 aliphatic carbocycles. The van der Waals surface area contributed by atoms with E-state index in [-0.39, 0.29) is 18.1 Å².